The van der Waals surface area contributed by atoms with Gasteiger partial charge in [0.15, 0.2) is 0 Å². The highest BCUT2D eigenvalue weighted by atomic mass is 16.3. The van der Waals surface area contributed by atoms with E-state index < -0.39 is 11.8 Å². The number of aryl methyl sites for hydroxylation is 2. The molecule has 1 saturated heterocycles. The number of nitrogens with one attached hydrogen (secondary N) is 2. The van der Waals surface area contributed by atoms with Crippen molar-refractivity contribution in [3.05, 3.63) is 59.6 Å². The van der Waals surface area contributed by atoms with Crippen LogP contribution in [0.3, 0.4) is 0 Å². The summed E-state index contributed by atoms with van der Waals surface area (Å²) in [6.07, 6.45) is 6.28. The lowest BCUT2D eigenvalue weighted by Gasteiger charge is -2.31. The molecule has 0 spiro atoms. The number of carbonyl (C=O) groups excluding carboxylic acids is 3. The monoisotopic (exact) mass is 409 g/mol. The van der Waals surface area contributed by atoms with Crippen LogP contribution in [0.1, 0.15) is 29.7 Å². The van der Waals surface area contributed by atoms with Gasteiger partial charge in [-0.1, -0.05) is 17.7 Å². The Kier molecular flexibility index (Phi) is 7.06. The second-order valence-electron chi connectivity index (χ2n) is 7.60. The molecule has 0 bridgehead atoms. The molecule has 1 aromatic carbocycles. The molecule has 3 rings (SSSR count). The number of benzene rings is 1. The number of hydrogen-bond donors (Lipinski definition) is 2. The predicted octanol–water partition coefficient (Wildman–Crippen LogP) is 2.90. The second kappa shape index (κ2) is 9.91. The SMILES string of the molecule is Cc1ccc(NC(=O)C(=O)NCC2CCN(C(=O)C=Cc3ccco3)CC2)c(C)c1. The van der Waals surface area contributed by atoms with Crippen LogP contribution < -0.4 is 10.6 Å². The van der Waals surface area contributed by atoms with Crippen molar-refractivity contribution in [3.8, 4) is 0 Å². The Morgan fingerprint density at radius 2 is 1.90 bits per heavy atom. The van der Waals surface area contributed by atoms with Crippen molar-refractivity contribution in [2.24, 2.45) is 5.92 Å². The van der Waals surface area contributed by atoms with E-state index in [9.17, 15) is 14.4 Å². The second-order valence-corrected chi connectivity index (χ2v) is 7.60. The van der Waals surface area contributed by atoms with E-state index in [0.717, 1.165) is 24.0 Å². The van der Waals surface area contributed by atoms with Crippen molar-refractivity contribution in [2.75, 3.05) is 25.0 Å². The first kappa shape index (κ1) is 21.4. The predicted molar refractivity (Wildman–Crippen MR) is 115 cm³/mol. The van der Waals surface area contributed by atoms with Gasteiger partial charge in [0.2, 0.25) is 5.91 Å². The molecule has 1 fully saturated rings. The summed E-state index contributed by atoms with van der Waals surface area (Å²) in [6, 6.07) is 9.19. The molecule has 7 heteroatoms. The normalized spacial score (nSPS) is 14.7. The van der Waals surface area contributed by atoms with E-state index in [4.69, 9.17) is 4.42 Å². The van der Waals surface area contributed by atoms with Gasteiger partial charge in [0, 0.05) is 31.4 Å². The minimum atomic E-state index is -0.669. The molecule has 0 radical (unpaired) electrons. The molecule has 0 unspecified atom stereocenters. The fourth-order valence-corrected chi connectivity index (χ4v) is 3.45. The highest BCUT2D eigenvalue weighted by Crippen LogP contribution is 2.18. The molecular formula is C23H27N3O4. The van der Waals surface area contributed by atoms with Crippen LogP contribution in [0.5, 0.6) is 0 Å². The van der Waals surface area contributed by atoms with Gasteiger partial charge in [-0.25, -0.2) is 0 Å². The summed E-state index contributed by atoms with van der Waals surface area (Å²) in [6.45, 7) is 5.52. The zero-order chi connectivity index (χ0) is 21.5. The molecular weight excluding hydrogens is 382 g/mol. The molecule has 1 aliphatic rings. The number of rotatable bonds is 5. The zero-order valence-corrected chi connectivity index (χ0v) is 17.3. The minimum absolute atomic E-state index is 0.0540. The standard InChI is InChI=1S/C23H27N3O4/c1-16-5-7-20(17(2)14-16)25-23(29)22(28)24-15-18-9-11-26(12-10-18)21(27)8-6-19-4-3-13-30-19/h3-8,13-14,18H,9-12,15H2,1-2H3,(H,24,28)(H,25,29). The smallest absolute Gasteiger partial charge is 0.313 e. The van der Waals surface area contributed by atoms with Gasteiger partial charge in [-0.15, -0.1) is 0 Å². The average Bonchev–Trinajstić information content (AvgIpc) is 3.26. The first-order valence-corrected chi connectivity index (χ1v) is 10.1. The van der Waals surface area contributed by atoms with E-state index in [-0.39, 0.29) is 11.8 Å². The molecule has 30 heavy (non-hydrogen) atoms. The van der Waals surface area contributed by atoms with Crippen LogP contribution in [-0.2, 0) is 14.4 Å². The third kappa shape index (κ3) is 5.83. The Morgan fingerprint density at radius 3 is 2.57 bits per heavy atom. The van der Waals surface area contributed by atoms with E-state index >= 15 is 0 Å². The summed E-state index contributed by atoms with van der Waals surface area (Å²) in [5, 5.41) is 5.36. The Hall–Kier alpha value is -3.35. The quantitative estimate of drug-likeness (QED) is 0.587. The van der Waals surface area contributed by atoms with Crippen molar-refractivity contribution < 1.29 is 18.8 Å². The van der Waals surface area contributed by atoms with Crippen LogP contribution in [0.15, 0.2) is 47.1 Å². The van der Waals surface area contributed by atoms with Crippen LogP contribution in [0.2, 0.25) is 0 Å². The summed E-state index contributed by atoms with van der Waals surface area (Å²) < 4.78 is 5.18. The largest absolute Gasteiger partial charge is 0.465 e. The van der Waals surface area contributed by atoms with Crippen molar-refractivity contribution in [2.45, 2.75) is 26.7 Å². The number of likely N-dealkylation sites (tertiary alicyclic amines) is 1. The molecule has 2 heterocycles. The number of amides is 3. The molecule has 7 nitrogen and oxygen atoms in total. The Morgan fingerprint density at radius 1 is 1.13 bits per heavy atom. The lowest BCUT2D eigenvalue weighted by atomic mass is 9.96. The minimum Gasteiger partial charge on any atom is -0.465 e. The zero-order valence-electron chi connectivity index (χ0n) is 17.3. The van der Waals surface area contributed by atoms with Gasteiger partial charge in [0.25, 0.3) is 0 Å². The highest BCUT2D eigenvalue weighted by Gasteiger charge is 2.23. The molecule has 1 aromatic heterocycles. The van der Waals surface area contributed by atoms with Crippen LogP contribution in [0, 0.1) is 19.8 Å². The number of furan rings is 1. The molecule has 2 N–H and O–H groups in total. The number of nitrogens with zero attached hydrogens (tertiary/aromatic N) is 1. The Bertz CT molecular complexity index is 926. The lowest BCUT2D eigenvalue weighted by molar-refractivity contribution is -0.136. The summed E-state index contributed by atoms with van der Waals surface area (Å²) in [4.78, 5) is 38.3. The topological polar surface area (TPSA) is 91.7 Å². The molecule has 3 amide bonds. The lowest BCUT2D eigenvalue weighted by Crippen LogP contribution is -2.43. The summed E-state index contributed by atoms with van der Waals surface area (Å²) >= 11 is 0. The van der Waals surface area contributed by atoms with Crippen molar-refractivity contribution in [1.29, 1.82) is 0 Å². The highest BCUT2D eigenvalue weighted by molar-refractivity contribution is 6.39. The van der Waals surface area contributed by atoms with Gasteiger partial charge in [0.1, 0.15) is 5.76 Å². The fraction of sp³-hybridized carbons (Fsp3) is 0.348. The van der Waals surface area contributed by atoms with Crippen LogP contribution >= 0.6 is 0 Å². The van der Waals surface area contributed by atoms with Crippen molar-refractivity contribution in [3.63, 3.8) is 0 Å². The number of piperidine rings is 1. The molecule has 1 aliphatic heterocycles. The van der Waals surface area contributed by atoms with Crippen LogP contribution in [0.4, 0.5) is 5.69 Å². The van der Waals surface area contributed by atoms with Crippen molar-refractivity contribution in [1.82, 2.24) is 10.2 Å². The fourth-order valence-electron chi connectivity index (χ4n) is 3.45. The summed E-state index contributed by atoms with van der Waals surface area (Å²) in [5.74, 6) is -0.491. The van der Waals surface area contributed by atoms with E-state index in [1.54, 1.807) is 35.4 Å². The number of hydrogen-bond acceptors (Lipinski definition) is 4. The van der Waals surface area contributed by atoms with Gasteiger partial charge >= 0.3 is 11.8 Å². The summed E-state index contributed by atoms with van der Waals surface area (Å²) in [7, 11) is 0. The first-order valence-electron chi connectivity index (χ1n) is 10.1. The summed E-state index contributed by atoms with van der Waals surface area (Å²) in [5.41, 5.74) is 2.64. The third-order valence-electron chi connectivity index (χ3n) is 5.25. The average molecular weight is 409 g/mol. The molecule has 0 saturated carbocycles. The van der Waals surface area contributed by atoms with E-state index in [1.807, 2.05) is 26.0 Å². The number of carbonyl (C=O) groups is 3. The van der Waals surface area contributed by atoms with Gasteiger partial charge in [0.05, 0.1) is 6.26 Å². The Labute approximate surface area is 176 Å². The van der Waals surface area contributed by atoms with Gasteiger partial charge < -0.3 is 20.0 Å². The maximum atomic E-state index is 12.3. The maximum Gasteiger partial charge on any atom is 0.313 e. The van der Waals surface area contributed by atoms with E-state index in [1.165, 1.54) is 6.08 Å². The first-order chi connectivity index (χ1) is 14.4. The Balaban J connectivity index is 1.40. The maximum absolute atomic E-state index is 12.3. The molecule has 158 valence electrons. The van der Waals surface area contributed by atoms with E-state index in [0.29, 0.717) is 31.1 Å². The molecule has 0 atom stereocenters. The van der Waals surface area contributed by atoms with Crippen molar-refractivity contribution >= 4 is 29.5 Å². The van der Waals surface area contributed by atoms with E-state index in [2.05, 4.69) is 10.6 Å². The van der Waals surface area contributed by atoms with Crippen LogP contribution in [0.25, 0.3) is 6.08 Å². The van der Waals surface area contributed by atoms with Crippen LogP contribution in [-0.4, -0.2) is 42.3 Å². The number of anilines is 1. The molecule has 2 aromatic rings. The van der Waals surface area contributed by atoms with Gasteiger partial charge in [-0.2, -0.15) is 0 Å². The van der Waals surface area contributed by atoms with Gasteiger partial charge in [-0.3, -0.25) is 14.4 Å². The van der Waals surface area contributed by atoms with Gasteiger partial charge in [-0.05, 0) is 62.4 Å². The third-order valence-corrected chi connectivity index (χ3v) is 5.25. The molecule has 0 aliphatic carbocycles.